The van der Waals surface area contributed by atoms with Gasteiger partial charge in [0.1, 0.15) is 5.75 Å². The second kappa shape index (κ2) is 8.53. The topological polar surface area (TPSA) is 20.2 Å². The number of hydrogen-bond donors (Lipinski definition) is 1. The van der Waals surface area contributed by atoms with Gasteiger partial charge in [-0.15, -0.1) is 0 Å². The Morgan fingerprint density at radius 1 is 0.412 bits per heavy atom. The zero-order valence-corrected chi connectivity index (χ0v) is 18.8. The van der Waals surface area contributed by atoms with Gasteiger partial charge in [0, 0.05) is 5.56 Å². The van der Waals surface area contributed by atoms with Gasteiger partial charge in [-0.05, 0) is 61.8 Å². The molecule has 0 heterocycles. The van der Waals surface area contributed by atoms with E-state index in [-0.39, 0.29) is 0 Å². The Bertz CT molecular complexity index is 1600. The van der Waals surface area contributed by atoms with Gasteiger partial charge < -0.3 is 5.11 Å². The van der Waals surface area contributed by atoms with Crippen LogP contribution < -0.4 is 0 Å². The molecule has 1 heteroatoms. The second-order valence-corrected chi connectivity index (χ2v) is 8.70. The van der Waals surface area contributed by atoms with Crippen molar-refractivity contribution in [2.75, 3.05) is 0 Å². The Hall–Kier alpha value is -4.36. The van der Waals surface area contributed by atoms with Gasteiger partial charge in [0.25, 0.3) is 0 Å². The van der Waals surface area contributed by atoms with Gasteiger partial charge in [-0.2, -0.15) is 0 Å². The lowest BCUT2D eigenvalue weighted by Crippen LogP contribution is -1.85. The first kappa shape index (κ1) is 20.3. The van der Waals surface area contributed by atoms with E-state index in [2.05, 4.69) is 84.9 Å². The third-order valence-electron chi connectivity index (χ3n) is 6.67. The molecule has 0 amide bonds. The Morgan fingerprint density at radius 2 is 0.912 bits per heavy atom. The summed E-state index contributed by atoms with van der Waals surface area (Å²) in [6.07, 6.45) is 1.10. The van der Waals surface area contributed by atoms with Crippen molar-refractivity contribution in [3.63, 3.8) is 0 Å². The molecular weight excluding hydrogens is 412 g/mol. The van der Waals surface area contributed by atoms with Gasteiger partial charge in [-0.3, -0.25) is 0 Å². The van der Waals surface area contributed by atoms with Gasteiger partial charge in [-0.25, -0.2) is 0 Å². The highest BCUT2D eigenvalue weighted by Crippen LogP contribution is 2.39. The van der Waals surface area contributed by atoms with Crippen molar-refractivity contribution in [3.8, 4) is 28.0 Å². The summed E-state index contributed by atoms with van der Waals surface area (Å²) >= 11 is 0. The summed E-state index contributed by atoms with van der Waals surface area (Å²) in [6, 6.07) is 43.7. The maximum Gasteiger partial charge on any atom is 0.124 e. The molecule has 1 nitrogen and oxygen atoms in total. The number of benzene rings is 6. The largest absolute Gasteiger partial charge is 0.507 e. The number of fused-ring (bicyclic) bond motifs is 5. The molecule has 0 radical (unpaired) electrons. The molecule has 1 aliphatic carbocycles. The molecule has 0 fully saturated rings. The highest BCUT2D eigenvalue weighted by Gasteiger charge is 2.16. The smallest absolute Gasteiger partial charge is 0.124 e. The minimum Gasteiger partial charge on any atom is -0.507 e. The number of phenols is 1. The minimum absolute atomic E-state index is 0.324. The molecule has 0 aromatic heterocycles. The van der Waals surface area contributed by atoms with Gasteiger partial charge in [0.05, 0.1) is 0 Å². The fourth-order valence-electron chi connectivity index (χ4n) is 5.07. The van der Waals surface area contributed by atoms with Crippen LogP contribution in [0.2, 0.25) is 0 Å². The van der Waals surface area contributed by atoms with Crippen LogP contribution in [0.15, 0.2) is 127 Å². The Kier molecular flexibility index (Phi) is 5.08. The summed E-state index contributed by atoms with van der Waals surface area (Å²) in [5, 5.41) is 15.0. The van der Waals surface area contributed by atoms with Gasteiger partial charge in [-0.1, -0.05) is 121 Å². The van der Waals surface area contributed by atoms with E-state index < -0.39 is 0 Å². The number of phenolic OH excluding ortho intramolecular Hbond substituents is 1. The number of aromatic hydroxyl groups is 1. The maximum atomic E-state index is 10.4. The van der Waals surface area contributed by atoms with Gasteiger partial charge in [0.2, 0.25) is 0 Å². The van der Waals surface area contributed by atoms with Crippen molar-refractivity contribution >= 4 is 21.5 Å². The summed E-state index contributed by atoms with van der Waals surface area (Å²) in [5.74, 6) is 0.324. The lowest BCUT2D eigenvalue weighted by atomic mass is 9.93. The molecule has 6 aromatic rings. The average molecular weight is 437 g/mol. The lowest BCUT2D eigenvalue weighted by Gasteiger charge is -2.12. The van der Waals surface area contributed by atoms with Crippen molar-refractivity contribution in [1.29, 1.82) is 0 Å². The van der Waals surface area contributed by atoms with Crippen LogP contribution in [0.1, 0.15) is 11.1 Å². The SMILES string of the molecule is Oc1ccc2ccccc2c1-c1cccc2ccccc12.c1ccc2c(c1)Cc1ccccc1-2. The molecule has 34 heavy (non-hydrogen) atoms. The Balaban J connectivity index is 0.000000143. The lowest BCUT2D eigenvalue weighted by molar-refractivity contribution is 0.478. The first-order chi connectivity index (χ1) is 16.8. The average Bonchev–Trinajstić information content (AvgIpc) is 3.28. The molecule has 162 valence electrons. The van der Waals surface area contributed by atoms with E-state index in [1.807, 2.05) is 36.4 Å². The fraction of sp³-hybridized carbons (Fsp3) is 0.0303. The molecule has 0 spiro atoms. The molecule has 1 aliphatic rings. The standard InChI is InChI=1S/C20H14O.C13H10/c21-19-13-12-15-7-2-4-10-17(15)20(19)18-11-5-8-14-6-1-3-9-16(14)18;1-3-7-12-10(5-1)9-11-6-2-4-8-13(11)12/h1-13,21H;1-8H,9H2. The Labute approximate surface area is 199 Å². The van der Waals surface area contributed by atoms with Crippen LogP contribution in [-0.2, 0) is 6.42 Å². The van der Waals surface area contributed by atoms with Crippen LogP contribution in [0.25, 0.3) is 43.8 Å². The summed E-state index contributed by atoms with van der Waals surface area (Å²) in [7, 11) is 0. The summed E-state index contributed by atoms with van der Waals surface area (Å²) in [5.41, 5.74) is 7.73. The fourth-order valence-corrected chi connectivity index (χ4v) is 5.07. The minimum atomic E-state index is 0.324. The van der Waals surface area contributed by atoms with Crippen molar-refractivity contribution in [2.45, 2.75) is 6.42 Å². The van der Waals surface area contributed by atoms with Crippen LogP contribution in [0.3, 0.4) is 0 Å². The summed E-state index contributed by atoms with van der Waals surface area (Å²) in [6.45, 7) is 0. The third-order valence-corrected chi connectivity index (χ3v) is 6.67. The van der Waals surface area contributed by atoms with Gasteiger partial charge in [0.15, 0.2) is 0 Å². The first-order valence-electron chi connectivity index (χ1n) is 11.6. The van der Waals surface area contributed by atoms with E-state index in [1.165, 1.54) is 27.6 Å². The molecule has 0 saturated carbocycles. The molecule has 0 atom stereocenters. The Morgan fingerprint density at radius 3 is 1.62 bits per heavy atom. The van der Waals surface area contributed by atoms with Gasteiger partial charge >= 0.3 is 0 Å². The number of rotatable bonds is 1. The van der Waals surface area contributed by atoms with E-state index in [0.717, 1.165) is 33.7 Å². The first-order valence-corrected chi connectivity index (χ1v) is 11.6. The highest BCUT2D eigenvalue weighted by molar-refractivity contribution is 6.07. The van der Waals surface area contributed by atoms with Crippen molar-refractivity contribution in [3.05, 3.63) is 139 Å². The van der Waals surface area contributed by atoms with E-state index in [1.54, 1.807) is 6.07 Å². The monoisotopic (exact) mass is 436 g/mol. The molecular formula is C33H24O. The molecule has 0 saturated heterocycles. The zero-order valence-electron chi connectivity index (χ0n) is 18.8. The number of hydrogen-bond acceptors (Lipinski definition) is 1. The highest BCUT2D eigenvalue weighted by atomic mass is 16.3. The van der Waals surface area contributed by atoms with Crippen LogP contribution in [-0.4, -0.2) is 5.11 Å². The van der Waals surface area contributed by atoms with Crippen molar-refractivity contribution in [2.24, 2.45) is 0 Å². The van der Waals surface area contributed by atoms with E-state index in [4.69, 9.17) is 0 Å². The quantitative estimate of drug-likeness (QED) is 0.273. The van der Waals surface area contributed by atoms with Crippen LogP contribution in [0, 0.1) is 0 Å². The molecule has 1 N–H and O–H groups in total. The molecule has 6 aromatic carbocycles. The second-order valence-electron chi connectivity index (χ2n) is 8.70. The van der Waals surface area contributed by atoms with E-state index in [0.29, 0.717) is 5.75 Å². The third kappa shape index (κ3) is 3.52. The van der Waals surface area contributed by atoms with Crippen LogP contribution in [0.5, 0.6) is 5.75 Å². The normalized spacial score (nSPS) is 11.5. The predicted octanol–water partition coefficient (Wildman–Crippen LogP) is 8.62. The van der Waals surface area contributed by atoms with Crippen molar-refractivity contribution < 1.29 is 5.11 Å². The van der Waals surface area contributed by atoms with Crippen LogP contribution in [0.4, 0.5) is 0 Å². The molecule has 0 unspecified atom stereocenters. The summed E-state index contributed by atoms with van der Waals surface area (Å²) in [4.78, 5) is 0. The molecule has 7 rings (SSSR count). The predicted molar refractivity (Wildman–Crippen MR) is 143 cm³/mol. The van der Waals surface area contributed by atoms with Crippen LogP contribution >= 0.6 is 0 Å². The zero-order chi connectivity index (χ0) is 22.9. The molecule has 0 bridgehead atoms. The molecule has 0 aliphatic heterocycles. The maximum absolute atomic E-state index is 10.4. The van der Waals surface area contributed by atoms with E-state index in [9.17, 15) is 5.11 Å². The van der Waals surface area contributed by atoms with E-state index >= 15 is 0 Å². The summed E-state index contributed by atoms with van der Waals surface area (Å²) < 4.78 is 0. The van der Waals surface area contributed by atoms with Crippen molar-refractivity contribution in [1.82, 2.24) is 0 Å².